The van der Waals surface area contributed by atoms with Gasteiger partial charge in [-0.05, 0) is 18.1 Å². The summed E-state index contributed by atoms with van der Waals surface area (Å²) in [6.07, 6.45) is 0.719. The van der Waals surface area contributed by atoms with Crippen LogP contribution in [0.2, 0.25) is 5.02 Å². The number of hydrogen-bond acceptors (Lipinski definition) is 3. The van der Waals surface area contributed by atoms with Gasteiger partial charge in [0.25, 0.3) is 0 Å². The summed E-state index contributed by atoms with van der Waals surface area (Å²) in [7, 11) is 0. The second-order valence-corrected chi connectivity index (χ2v) is 4.97. The van der Waals surface area contributed by atoms with Crippen molar-refractivity contribution in [2.45, 2.75) is 13.3 Å². The van der Waals surface area contributed by atoms with Gasteiger partial charge in [0.05, 0.1) is 5.02 Å². The molecule has 0 fully saturated rings. The average Bonchev–Trinajstić information content (AvgIpc) is 2.35. The summed E-state index contributed by atoms with van der Waals surface area (Å²) in [6.45, 7) is 5.63. The van der Waals surface area contributed by atoms with Crippen molar-refractivity contribution in [2.24, 2.45) is 0 Å². The summed E-state index contributed by atoms with van der Waals surface area (Å²) < 4.78 is 10.6. The molecule has 3 nitrogen and oxygen atoms in total. The summed E-state index contributed by atoms with van der Waals surface area (Å²) in [5.74, 6) is 0.410. The Kier molecular flexibility index (Phi) is 4.17. The first-order valence-corrected chi connectivity index (χ1v) is 6.49. The van der Waals surface area contributed by atoms with E-state index in [9.17, 15) is 4.79 Å². The van der Waals surface area contributed by atoms with E-state index in [1.54, 1.807) is 12.1 Å². The lowest BCUT2D eigenvalue weighted by Crippen LogP contribution is -2.01. The highest BCUT2D eigenvalue weighted by atomic mass is 35.5. The van der Waals surface area contributed by atoms with Gasteiger partial charge in [-0.3, -0.25) is 0 Å². The molecule has 19 heavy (non-hydrogen) atoms. The van der Waals surface area contributed by atoms with E-state index in [-0.39, 0.29) is 12.2 Å². The second-order valence-electron chi connectivity index (χ2n) is 4.03. The molecule has 0 aliphatic rings. The number of ether oxygens (including phenoxy) is 1. The molecule has 100 valence electrons. The molecule has 0 aliphatic carbocycles. The first-order chi connectivity index (χ1) is 9.01. The van der Waals surface area contributed by atoms with Gasteiger partial charge in [0.15, 0.2) is 0 Å². The Morgan fingerprint density at radius 2 is 2.16 bits per heavy atom. The van der Waals surface area contributed by atoms with E-state index in [0.717, 1.165) is 17.4 Å². The SMILES string of the molecule is C=C(Cl)COc1cc2oc(=O)cc(CC)c2cc1Cl. The van der Waals surface area contributed by atoms with Crippen molar-refractivity contribution >= 4 is 34.2 Å². The van der Waals surface area contributed by atoms with Crippen LogP contribution in [-0.2, 0) is 6.42 Å². The fraction of sp³-hybridized carbons (Fsp3) is 0.214. The van der Waals surface area contributed by atoms with Crippen LogP contribution >= 0.6 is 23.2 Å². The largest absolute Gasteiger partial charge is 0.486 e. The number of aryl methyl sites for hydroxylation is 1. The van der Waals surface area contributed by atoms with Crippen molar-refractivity contribution in [3.05, 3.63) is 50.8 Å². The predicted octanol–water partition coefficient (Wildman–Crippen LogP) is 4.14. The van der Waals surface area contributed by atoms with E-state index >= 15 is 0 Å². The summed E-state index contributed by atoms with van der Waals surface area (Å²) in [5, 5.41) is 1.61. The number of hydrogen-bond donors (Lipinski definition) is 0. The van der Waals surface area contributed by atoms with Crippen molar-refractivity contribution in [1.82, 2.24) is 0 Å². The van der Waals surface area contributed by atoms with E-state index in [4.69, 9.17) is 32.4 Å². The van der Waals surface area contributed by atoms with Gasteiger partial charge in [-0.25, -0.2) is 4.79 Å². The smallest absolute Gasteiger partial charge is 0.336 e. The molecule has 0 radical (unpaired) electrons. The number of benzene rings is 1. The van der Waals surface area contributed by atoms with Gasteiger partial charge in [0, 0.05) is 22.6 Å². The maximum Gasteiger partial charge on any atom is 0.336 e. The molecule has 0 saturated carbocycles. The number of halogens is 2. The van der Waals surface area contributed by atoms with Gasteiger partial charge in [-0.2, -0.15) is 0 Å². The van der Waals surface area contributed by atoms with Crippen molar-refractivity contribution in [2.75, 3.05) is 6.61 Å². The number of fused-ring (bicyclic) bond motifs is 1. The van der Waals surface area contributed by atoms with Crippen LogP contribution < -0.4 is 10.4 Å². The average molecular weight is 299 g/mol. The fourth-order valence-electron chi connectivity index (χ4n) is 1.79. The van der Waals surface area contributed by atoms with Crippen molar-refractivity contribution in [1.29, 1.82) is 0 Å². The van der Waals surface area contributed by atoms with E-state index in [2.05, 4.69) is 6.58 Å². The fourth-order valence-corrected chi connectivity index (χ4v) is 2.06. The first kappa shape index (κ1) is 14.0. The monoisotopic (exact) mass is 298 g/mol. The molecular weight excluding hydrogens is 287 g/mol. The molecule has 5 heteroatoms. The molecule has 1 heterocycles. The van der Waals surface area contributed by atoms with Gasteiger partial charge < -0.3 is 9.15 Å². The third kappa shape index (κ3) is 3.11. The Balaban J connectivity index is 2.55. The van der Waals surface area contributed by atoms with Gasteiger partial charge >= 0.3 is 5.63 Å². The highest BCUT2D eigenvalue weighted by Crippen LogP contribution is 2.31. The second kappa shape index (κ2) is 5.68. The summed E-state index contributed by atoms with van der Waals surface area (Å²) in [6, 6.07) is 4.79. The zero-order valence-corrected chi connectivity index (χ0v) is 11.8. The lowest BCUT2D eigenvalue weighted by Gasteiger charge is -2.09. The van der Waals surface area contributed by atoms with E-state index in [1.165, 1.54) is 6.07 Å². The van der Waals surface area contributed by atoms with Crippen LogP contribution in [0.1, 0.15) is 12.5 Å². The number of rotatable bonds is 4. The molecule has 0 aliphatic heterocycles. The lowest BCUT2D eigenvalue weighted by atomic mass is 10.1. The zero-order chi connectivity index (χ0) is 14.0. The molecule has 0 saturated heterocycles. The Labute approximate surface area is 120 Å². The van der Waals surface area contributed by atoms with Crippen LogP contribution in [0.5, 0.6) is 5.75 Å². The molecule has 0 atom stereocenters. The maximum atomic E-state index is 11.4. The predicted molar refractivity (Wildman–Crippen MR) is 77.4 cm³/mol. The van der Waals surface area contributed by atoms with E-state index in [1.807, 2.05) is 6.92 Å². The minimum Gasteiger partial charge on any atom is -0.486 e. The normalized spacial score (nSPS) is 10.7. The molecule has 1 aromatic heterocycles. The third-order valence-electron chi connectivity index (χ3n) is 2.65. The van der Waals surface area contributed by atoms with Crippen LogP contribution in [0.25, 0.3) is 11.0 Å². The summed E-state index contributed by atoms with van der Waals surface area (Å²) in [5.41, 5.74) is 0.949. The molecule has 0 spiro atoms. The van der Waals surface area contributed by atoms with Crippen molar-refractivity contribution in [3.63, 3.8) is 0 Å². The quantitative estimate of drug-likeness (QED) is 0.796. The Morgan fingerprint density at radius 1 is 1.42 bits per heavy atom. The summed E-state index contributed by atoms with van der Waals surface area (Å²) >= 11 is 11.8. The highest BCUT2D eigenvalue weighted by Gasteiger charge is 2.10. The Morgan fingerprint density at radius 3 is 2.79 bits per heavy atom. The van der Waals surface area contributed by atoms with E-state index in [0.29, 0.717) is 21.4 Å². The van der Waals surface area contributed by atoms with Gasteiger partial charge in [-0.15, -0.1) is 0 Å². The van der Waals surface area contributed by atoms with Gasteiger partial charge in [-0.1, -0.05) is 36.7 Å². The lowest BCUT2D eigenvalue weighted by molar-refractivity contribution is 0.359. The minimum atomic E-state index is -0.389. The standard InChI is InChI=1S/C14H12Cl2O3/c1-3-9-4-14(17)19-12-6-13(18-7-8(2)15)11(16)5-10(9)12/h4-6H,2-3,7H2,1H3. The third-order valence-corrected chi connectivity index (χ3v) is 3.05. The van der Waals surface area contributed by atoms with Crippen LogP contribution in [-0.4, -0.2) is 6.61 Å². The van der Waals surface area contributed by atoms with Crippen LogP contribution in [0, 0.1) is 0 Å². The van der Waals surface area contributed by atoms with Crippen molar-refractivity contribution in [3.8, 4) is 5.75 Å². The molecule has 0 unspecified atom stereocenters. The topological polar surface area (TPSA) is 39.4 Å². The molecule has 0 bridgehead atoms. The Bertz CT molecular complexity index is 689. The summed E-state index contributed by atoms with van der Waals surface area (Å²) in [4.78, 5) is 11.4. The molecule has 0 amide bonds. The zero-order valence-electron chi connectivity index (χ0n) is 10.3. The Hall–Kier alpha value is -1.45. The molecule has 2 aromatic rings. The minimum absolute atomic E-state index is 0.143. The molecule has 1 aromatic carbocycles. The van der Waals surface area contributed by atoms with Gasteiger partial charge in [0.1, 0.15) is 17.9 Å². The first-order valence-electron chi connectivity index (χ1n) is 5.73. The maximum absolute atomic E-state index is 11.4. The van der Waals surface area contributed by atoms with E-state index < -0.39 is 0 Å². The van der Waals surface area contributed by atoms with Crippen LogP contribution in [0.4, 0.5) is 0 Å². The van der Waals surface area contributed by atoms with Crippen LogP contribution in [0.3, 0.4) is 0 Å². The van der Waals surface area contributed by atoms with Crippen LogP contribution in [0.15, 0.2) is 39.0 Å². The molecule has 0 N–H and O–H groups in total. The van der Waals surface area contributed by atoms with Gasteiger partial charge in [0.2, 0.25) is 0 Å². The molecular formula is C14H12Cl2O3. The highest BCUT2D eigenvalue weighted by molar-refractivity contribution is 6.33. The van der Waals surface area contributed by atoms with Crippen molar-refractivity contribution < 1.29 is 9.15 Å². The molecule has 2 rings (SSSR count).